The van der Waals surface area contributed by atoms with E-state index in [0.717, 1.165) is 28.5 Å². The van der Waals surface area contributed by atoms with Crippen LogP contribution >= 0.6 is 0 Å². The van der Waals surface area contributed by atoms with Gasteiger partial charge in [-0.15, -0.1) is 0 Å². The topological polar surface area (TPSA) is 38.8 Å². The van der Waals surface area contributed by atoms with Gasteiger partial charge in [0.1, 0.15) is 11.9 Å². The molecule has 3 aromatic carbocycles. The summed E-state index contributed by atoms with van der Waals surface area (Å²) in [5, 5.41) is 2.32. The highest BCUT2D eigenvalue weighted by atomic mass is 16.5. The Bertz CT molecular complexity index is 966. The summed E-state index contributed by atoms with van der Waals surface area (Å²) in [4.78, 5) is 14.0. The highest BCUT2D eigenvalue weighted by Gasteiger charge is 2.27. The van der Waals surface area contributed by atoms with Crippen molar-refractivity contribution in [2.75, 3.05) is 6.54 Å². The first-order valence-corrected chi connectivity index (χ1v) is 8.54. The van der Waals surface area contributed by atoms with E-state index in [1.807, 2.05) is 36.4 Å². The molecule has 4 rings (SSSR count). The minimum Gasteiger partial charge on any atom is -0.484 e. The van der Waals surface area contributed by atoms with Crippen LogP contribution < -0.4 is 4.74 Å². The van der Waals surface area contributed by atoms with Crippen LogP contribution in [0.25, 0.3) is 10.8 Å². The second-order valence-electron chi connectivity index (χ2n) is 6.25. The lowest BCUT2D eigenvalue weighted by Gasteiger charge is -2.23. The molecule has 3 aromatic rings. The maximum atomic E-state index is 12.3. The summed E-state index contributed by atoms with van der Waals surface area (Å²) in [5.41, 5.74) is 1.98. The number of carbonyl (C=O) groups excluding carboxylic acids is 1. The van der Waals surface area contributed by atoms with Crippen LogP contribution in [0.5, 0.6) is 5.75 Å². The van der Waals surface area contributed by atoms with Gasteiger partial charge in [-0.2, -0.15) is 0 Å². The molecule has 1 aliphatic heterocycles. The zero-order valence-corrected chi connectivity index (χ0v) is 14.3. The second-order valence-corrected chi connectivity index (χ2v) is 6.25. The van der Waals surface area contributed by atoms with Crippen LogP contribution in [0.15, 0.2) is 79.6 Å². The Morgan fingerprint density at radius 2 is 1.85 bits per heavy atom. The number of hydrogen-bond acceptors (Lipinski definition) is 3. The number of nitrogens with zero attached hydrogens (tertiary/aromatic N) is 1. The summed E-state index contributed by atoms with van der Waals surface area (Å²) in [7, 11) is 0. The molecule has 0 N–H and O–H groups in total. The smallest absolute Gasteiger partial charge is 0.415 e. The van der Waals surface area contributed by atoms with Crippen LogP contribution in [-0.2, 0) is 11.3 Å². The molecule has 4 heteroatoms. The van der Waals surface area contributed by atoms with Crippen molar-refractivity contribution in [2.45, 2.75) is 12.6 Å². The first-order chi connectivity index (χ1) is 12.7. The molecule has 0 bridgehead atoms. The standard InChI is InChI=1S/C22H19NO3/c1-2-25-22(24)23-14-19-9-5-6-10-20(19)26-21(15-23)18-12-11-16-7-3-4-8-17(16)13-18/h2-13,21H,1,14-15H2. The van der Waals surface area contributed by atoms with Gasteiger partial charge in [0.05, 0.1) is 19.4 Å². The molecule has 0 radical (unpaired) electrons. The molecule has 1 amide bonds. The van der Waals surface area contributed by atoms with Crippen LogP contribution in [0, 0.1) is 0 Å². The summed E-state index contributed by atoms with van der Waals surface area (Å²) in [6.07, 6.45) is 0.456. The number of ether oxygens (including phenoxy) is 2. The van der Waals surface area contributed by atoms with Crippen molar-refractivity contribution in [3.63, 3.8) is 0 Å². The minimum atomic E-state index is -0.425. The summed E-state index contributed by atoms with van der Waals surface area (Å²) in [6, 6.07) is 22.2. The Kier molecular flexibility index (Phi) is 4.32. The Balaban J connectivity index is 1.73. The van der Waals surface area contributed by atoms with Crippen LogP contribution in [0.4, 0.5) is 4.79 Å². The molecule has 4 nitrogen and oxygen atoms in total. The third-order valence-corrected chi connectivity index (χ3v) is 4.58. The van der Waals surface area contributed by atoms with Crippen molar-refractivity contribution in [2.24, 2.45) is 0 Å². The molecule has 1 heterocycles. The molecule has 130 valence electrons. The lowest BCUT2D eigenvalue weighted by molar-refractivity contribution is 0.111. The SMILES string of the molecule is C=COC(=O)N1Cc2ccccc2OC(c2ccc3ccccc3c2)C1. The highest BCUT2D eigenvalue weighted by molar-refractivity contribution is 5.83. The van der Waals surface area contributed by atoms with Crippen LogP contribution in [0.3, 0.4) is 0 Å². The predicted octanol–water partition coefficient (Wildman–Crippen LogP) is 5.06. The van der Waals surface area contributed by atoms with Crippen molar-refractivity contribution in [1.82, 2.24) is 4.90 Å². The van der Waals surface area contributed by atoms with Gasteiger partial charge in [0, 0.05) is 5.56 Å². The van der Waals surface area contributed by atoms with Crippen LogP contribution in [-0.4, -0.2) is 17.5 Å². The van der Waals surface area contributed by atoms with Gasteiger partial charge in [-0.3, -0.25) is 4.90 Å². The third kappa shape index (κ3) is 3.14. The first-order valence-electron chi connectivity index (χ1n) is 8.54. The maximum absolute atomic E-state index is 12.3. The Labute approximate surface area is 152 Å². The van der Waals surface area contributed by atoms with Gasteiger partial charge >= 0.3 is 6.09 Å². The van der Waals surface area contributed by atoms with Gasteiger partial charge in [0.25, 0.3) is 0 Å². The molecule has 0 aromatic heterocycles. The monoisotopic (exact) mass is 345 g/mol. The lowest BCUT2D eigenvalue weighted by atomic mass is 10.0. The molecule has 0 saturated carbocycles. The van der Waals surface area contributed by atoms with E-state index >= 15 is 0 Å². The largest absolute Gasteiger partial charge is 0.484 e. The van der Waals surface area contributed by atoms with Crippen molar-refractivity contribution in [3.8, 4) is 5.75 Å². The van der Waals surface area contributed by atoms with Crippen molar-refractivity contribution >= 4 is 16.9 Å². The van der Waals surface area contributed by atoms with Crippen LogP contribution in [0.2, 0.25) is 0 Å². The zero-order chi connectivity index (χ0) is 17.9. The number of rotatable bonds is 2. The molecule has 0 spiro atoms. The Hall–Kier alpha value is -3.27. The predicted molar refractivity (Wildman–Crippen MR) is 101 cm³/mol. The van der Waals surface area contributed by atoms with E-state index in [9.17, 15) is 4.79 Å². The molecule has 1 atom stereocenters. The van der Waals surface area contributed by atoms with Gasteiger partial charge in [0.15, 0.2) is 0 Å². The Morgan fingerprint density at radius 3 is 2.69 bits per heavy atom. The molecular weight excluding hydrogens is 326 g/mol. The molecule has 26 heavy (non-hydrogen) atoms. The molecule has 0 saturated heterocycles. The van der Waals surface area contributed by atoms with Crippen LogP contribution in [0.1, 0.15) is 17.2 Å². The van der Waals surface area contributed by atoms with E-state index in [0.29, 0.717) is 13.1 Å². The van der Waals surface area contributed by atoms with Gasteiger partial charge in [-0.25, -0.2) is 4.79 Å². The van der Waals surface area contributed by atoms with Crippen molar-refractivity contribution in [1.29, 1.82) is 0 Å². The lowest BCUT2D eigenvalue weighted by Crippen LogP contribution is -2.33. The maximum Gasteiger partial charge on any atom is 0.415 e. The number of fused-ring (bicyclic) bond motifs is 2. The van der Waals surface area contributed by atoms with Crippen molar-refractivity contribution < 1.29 is 14.3 Å². The van der Waals surface area contributed by atoms with Gasteiger partial charge in [-0.05, 0) is 28.5 Å². The van der Waals surface area contributed by atoms with E-state index < -0.39 is 6.09 Å². The summed E-state index contributed by atoms with van der Waals surface area (Å²) in [6.45, 7) is 4.31. The average molecular weight is 345 g/mol. The van der Waals surface area contributed by atoms with Gasteiger partial charge in [0.2, 0.25) is 0 Å². The molecule has 0 aliphatic carbocycles. The third-order valence-electron chi connectivity index (χ3n) is 4.58. The number of amides is 1. The summed E-state index contributed by atoms with van der Waals surface area (Å²) >= 11 is 0. The van der Waals surface area contributed by atoms with Crippen molar-refractivity contribution in [3.05, 3.63) is 90.7 Å². The summed E-state index contributed by atoms with van der Waals surface area (Å²) in [5.74, 6) is 0.791. The minimum absolute atomic E-state index is 0.277. The fourth-order valence-electron chi connectivity index (χ4n) is 3.28. The molecular formula is C22H19NO3. The Morgan fingerprint density at radius 1 is 1.08 bits per heavy atom. The molecule has 1 aliphatic rings. The van der Waals surface area contributed by atoms with E-state index in [4.69, 9.17) is 9.47 Å². The normalized spacial score (nSPS) is 16.3. The number of para-hydroxylation sites is 1. The molecule has 0 fully saturated rings. The van der Waals surface area contributed by atoms with E-state index in [1.54, 1.807) is 4.90 Å². The van der Waals surface area contributed by atoms with E-state index in [-0.39, 0.29) is 6.10 Å². The fourth-order valence-corrected chi connectivity index (χ4v) is 3.28. The number of benzene rings is 3. The first kappa shape index (κ1) is 16.2. The van der Waals surface area contributed by atoms with E-state index in [2.05, 4.69) is 36.9 Å². The fraction of sp³-hybridized carbons (Fsp3) is 0.136. The quantitative estimate of drug-likeness (QED) is 0.610. The number of hydrogen-bond donors (Lipinski definition) is 0. The average Bonchev–Trinajstić information content (AvgIpc) is 2.87. The second kappa shape index (κ2) is 6.92. The molecule has 1 unspecified atom stereocenters. The van der Waals surface area contributed by atoms with Gasteiger partial charge < -0.3 is 9.47 Å². The summed E-state index contributed by atoms with van der Waals surface area (Å²) < 4.78 is 11.3. The van der Waals surface area contributed by atoms with Gasteiger partial charge in [-0.1, -0.05) is 61.2 Å². The zero-order valence-electron chi connectivity index (χ0n) is 14.3. The number of carbonyl (C=O) groups is 1. The highest BCUT2D eigenvalue weighted by Crippen LogP contribution is 2.32. The van der Waals surface area contributed by atoms with E-state index in [1.165, 1.54) is 5.39 Å².